The van der Waals surface area contributed by atoms with Gasteiger partial charge in [0.15, 0.2) is 10.9 Å². The number of hydrogen-bond acceptors (Lipinski definition) is 5. The summed E-state index contributed by atoms with van der Waals surface area (Å²) in [6.45, 7) is 1.78. The van der Waals surface area contributed by atoms with Crippen molar-refractivity contribution in [1.29, 1.82) is 0 Å². The van der Waals surface area contributed by atoms with Gasteiger partial charge in [-0.1, -0.05) is 29.5 Å². The molecular formula is C14H14N2O2S. The maximum Gasteiger partial charge on any atom is 0.197 e. The number of carbonyl (C=O) groups excluding carboxylic acids is 1. The van der Waals surface area contributed by atoms with Gasteiger partial charge in [-0.05, 0) is 30.7 Å². The largest absolute Gasteiger partial charge is 0.497 e. The Balaban J connectivity index is 2.13. The van der Waals surface area contributed by atoms with E-state index in [4.69, 9.17) is 10.5 Å². The standard InChI is InChI=1S/C14H14N2O2S/c1-9-13(19-14(15)16-9)12(17)8-5-10-3-6-11(18-2)7-4-10/h3-8H,1-2H3,(H2,15,16)/b8-5-. The van der Waals surface area contributed by atoms with Crippen LogP contribution in [0, 0.1) is 6.92 Å². The lowest BCUT2D eigenvalue weighted by Crippen LogP contribution is -1.93. The first kappa shape index (κ1) is 13.3. The topological polar surface area (TPSA) is 65.2 Å². The fraction of sp³-hybridized carbons (Fsp3) is 0.143. The first-order valence-corrected chi connectivity index (χ1v) is 6.51. The van der Waals surface area contributed by atoms with E-state index in [1.54, 1.807) is 20.1 Å². The molecule has 0 radical (unpaired) electrons. The highest BCUT2D eigenvalue weighted by molar-refractivity contribution is 7.17. The van der Waals surface area contributed by atoms with E-state index in [2.05, 4.69) is 4.98 Å². The Morgan fingerprint density at radius 2 is 2.05 bits per heavy atom. The SMILES string of the molecule is COc1ccc(/C=C\C(=O)c2sc(N)nc2C)cc1. The van der Waals surface area contributed by atoms with Crippen molar-refractivity contribution in [1.82, 2.24) is 4.98 Å². The molecule has 98 valence electrons. The van der Waals surface area contributed by atoms with Crippen LogP contribution in [-0.4, -0.2) is 17.9 Å². The average molecular weight is 274 g/mol. The van der Waals surface area contributed by atoms with Gasteiger partial charge in [0, 0.05) is 0 Å². The summed E-state index contributed by atoms with van der Waals surface area (Å²) < 4.78 is 5.07. The molecule has 0 aliphatic carbocycles. The number of thiazole rings is 1. The maximum absolute atomic E-state index is 12.0. The molecule has 0 aliphatic heterocycles. The van der Waals surface area contributed by atoms with Gasteiger partial charge in [0.2, 0.25) is 0 Å². The first-order valence-electron chi connectivity index (χ1n) is 5.69. The lowest BCUT2D eigenvalue weighted by Gasteiger charge is -1.98. The minimum Gasteiger partial charge on any atom is -0.497 e. The molecule has 0 saturated heterocycles. The quantitative estimate of drug-likeness (QED) is 0.687. The third-order valence-corrected chi connectivity index (χ3v) is 3.58. The van der Waals surface area contributed by atoms with Crippen LogP contribution in [0.4, 0.5) is 5.13 Å². The highest BCUT2D eigenvalue weighted by Gasteiger charge is 2.11. The van der Waals surface area contributed by atoms with Crippen LogP contribution in [0.3, 0.4) is 0 Å². The number of anilines is 1. The van der Waals surface area contributed by atoms with E-state index in [0.29, 0.717) is 15.7 Å². The summed E-state index contributed by atoms with van der Waals surface area (Å²) in [4.78, 5) is 16.6. The van der Waals surface area contributed by atoms with E-state index in [0.717, 1.165) is 11.3 Å². The van der Waals surface area contributed by atoms with Gasteiger partial charge in [0.1, 0.15) is 5.75 Å². The molecule has 4 nitrogen and oxygen atoms in total. The normalized spacial score (nSPS) is 10.8. The smallest absolute Gasteiger partial charge is 0.197 e. The predicted molar refractivity (Wildman–Crippen MR) is 77.6 cm³/mol. The van der Waals surface area contributed by atoms with Gasteiger partial charge in [0.05, 0.1) is 17.7 Å². The summed E-state index contributed by atoms with van der Waals surface area (Å²) in [6, 6.07) is 7.47. The maximum atomic E-state index is 12.0. The minimum absolute atomic E-state index is 0.0810. The molecule has 0 unspecified atom stereocenters. The molecule has 2 rings (SSSR count). The van der Waals surface area contributed by atoms with E-state index in [9.17, 15) is 4.79 Å². The molecule has 0 atom stereocenters. The number of ketones is 1. The van der Waals surface area contributed by atoms with Crippen molar-refractivity contribution in [2.24, 2.45) is 0 Å². The summed E-state index contributed by atoms with van der Waals surface area (Å²) in [5.74, 6) is 0.706. The predicted octanol–water partition coefficient (Wildman–Crippen LogP) is 2.94. The zero-order chi connectivity index (χ0) is 13.8. The van der Waals surface area contributed by atoms with Gasteiger partial charge in [-0.25, -0.2) is 4.98 Å². The Bertz CT molecular complexity index is 615. The third kappa shape index (κ3) is 3.20. The fourth-order valence-electron chi connectivity index (χ4n) is 1.61. The molecule has 0 amide bonds. The summed E-state index contributed by atoms with van der Waals surface area (Å²) in [5.41, 5.74) is 7.18. The van der Waals surface area contributed by atoms with Crippen LogP contribution >= 0.6 is 11.3 Å². The number of nitrogens with two attached hydrogens (primary N) is 1. The van der Waals surface area contributed by atoms with Crippen molar-refractivity contribution in [3.05, 3.63) is 46.5 Å². The molecule has 0 bridgehead atoms. The highest BCUT2D eigenvalue weighted by Crippen LogP contribution is 2.21. The van der Waals surface area contributed by atoms with Gasteiger partial charge >= 0.3 is 0 Å². The number of aryl methyl sites for hydroxylation is 1. The number of nitrogen functional groups attached to an aromatic ring is 1. The summed E-state index contributed by atoms with van der Waals surface area (Å²) in [7, 11) is 1.62. The second-order valence-electron chi connectivity index (χ2n) is 3.94. The second kappa shape index (κ2) is 5.67. The van der Waals surface area contributed by atoms with Gasteiger partial charge in [-0.2, -0.15) is 0 Å². The van der Waals surface area contributed by atoms with Gasteiger partial charge in [-0.15, -0.1) is 0 Å². The third-order valence-electron chi connectivity index (χ3n) is 2.58. The summed E-state index contributed by atoms with van der Waals surface area (Å²) >= 11 is 1.21. The number of allylic oxidation sites excluding steroid dienone is 1. The molecular weight excluding hydrogens is 260 g/mol. The summed E-state index contributed by atoms with van der Waals surface area (Å²) in [6.07, 6.45) is 3.29. The first-order chi connectivity index (χ1) is 9.10. The number of ether oxygens (including phenoxy) is 1. The number of aromatic nitrogens is 1. The number of rotatable bonds is 4. The number of benzene rings is 1. The number of nitrogens with zero attached hydrogens (tertiary/aromatic N) is 1. The second-order valence-corrected chi connectivity index (χ2v) is 4.97. The molecule has 0 fully saturated rings. The van der Waals surface area contributed by atoms with Crippen molar-refractivity contribution in [3.63, 3.8) is 0 Å². The summed E-state index contributed by atoms with van der Waals surface area (Å²) in [5, 5.41) is 0.415. The van der Waals surface area contributed by atoms with E-state index >= 15 is 0 Å². The van der Waals surface area contributed by atoms with Crippen LogP contribution in [-0.2, 0) is 0 Å². The molecule has 19 heavy (non-hydrogen) atoms. The van der Waals surface area contributed by atoms with E-state index in [1.807, 2.05) is 24.3 Å². The minimum atomic E-state index is -0.0810. The molecule has 2 N–H and O–H groups in total. The Hall–Kier alpha value is -2.14. The van der Waals surface area contributed by atoms with Crippen molar-refractivity contribution in [2.45, 2.75) is 6.92 Å². The number of hydrogen-bond donors (Lipinski definition) is 1. The Labute approximate surface area is 115 Å². The molecule has 1 aromatic carbocycles. The monoisotopic (exact) mass is 274 g/mol. The highest BCUT2D eigenvalue weighted by atomic mass is 32.1. The molecule has 0 spiro atoms. The van der Waals surface area contributed by atoms with Crippen LogP contribution < -0.4 is 10.5 Å². The van der Waals surface area contributed by atoms with Gasteiger partial charge in [0.25, 0.3) is 0 Å². The lowest BCUT2D eigenvalue weighted by molar-refractivity contribution is 0.105. The Morgan fingerprint density at radius 3 is 2.58 bits per heavy atom. The van der Waals surface area contributed by atoms with E-state index < -0.39 is 0 Å². The van der Waals surface area contributed by atoms with Crippen LogP contribution in [0.25, 0.3) is 6.08 Å². The van der Waals surface area contributed by atoms with E-state index in [1.165, 1.54) is 17.4 Å². The molecule has 2 aromatic rings. The molecule has 1 heterocycles. The average Bonchev–Trinajstić information content (AvgIpc) is 2.75. The Morgan fingerprint density at radius 1 is 1.37 bits per heavy atom. The van der Waals surface area contributed by atoms with Crippen LogP contribution in [0.1, 0.15) is 20.9 Å². The van der Waals surface area contributed by atoms with Crippen molar-refractivity contribution in [3.8, 4) is 5.75 Å². The van der Waals surface area contributed by atoms with Crippen LogP contribution in [0.5, 0.6) is 5.75 Å². The molecule has 5 heteroatoms. The van der Waals surface area contributed by atoms with Crippen LogP contribution in [0.2, 0.25) is 0 Å². The number of methoxy groups -OCH3 is 1. The molecule has 0 aliphatic rings. The lowest BCUT2D eigenvalue weighted by atomic mass is 10.1. The molecule has 0 saturated carbocycles. The van der Waals surface area contributed by atoms with Gasteiger partial charge < -0.3 is 10.5 Å². The zero-order valence-electron chi connectivity index (χ0n) is 10.7. The number of carbonyl (C=O) groups is 1. The Kier molecular flexibility index (Phi) is 3.97. The fourth-order valence-corrected chi connectivity index (χ4v) is 2.36. The van der Waals surface area contributed by atoms with E-state index in [-0.39, 0.29) is 5.78 Å². The van der Waals surface area contributed by atoms with Crippen LogP contribution in [0.15, 0.2) is 30.3 Å². The van der Waals surface area contributed by atoms with Crippen molar-refractivity contribution < 1.29 is 9.53 Å². The molecule has 1 aromatic heterocycles. The van der Waals surface area contributed by atoms with Crippen molar-refractivity contribution in [2.75, 3.05) is 12.8 Å². The zero-order valence-corrected chi connectivity index (χ0v) is 11.5. The van der Waals surface area contributed by atoms with Gasteiger partial charge in [-0.3, -0.25) is 4.79 Å². The van der Waals surface area contributed by atoms with Crippen molar-refractivity contribution >= 4 is 28.3 Å².